The number of nitrogen functional groups attached to an aromatic ring is 1. The SMILES string of the molecule is Nc1nc(OCc2ccc3ccccc3n2)ncc1F. The fraction of sp³-hybridized carbons (Fsp3) is 0.0714. The highest BCUT2D eigenvalue weighted by Gasteiger charge is 2.05. The molecule has 0 atom stereocenters. The van der Waals surface area contributed by atoms with Gasteiger partial charge in [0.2, 0.25) is 0 Å². The van der Waals surface area contributed by atoms with Crippen molar-refractivity contribution in [2.24, 2.45) is 0 Å². The molecule has 0 bridgehead atoms. The van der Waals surface area contributed by atoms with E-state index < -0.39 is 5.82 Å². The molecule has 3 aromatic rings. The number of nitrogens with zero attached hydrogens (tertiary/aromatic N) is 3. The summed E-state index contributed by atoms with van der Waals surface area (Å²) in [7, 11) is 0. The second kappa shape index (κ2) is 5.08. The monoisotopic (exact) mass is 270 g/mol. The first-order chi connectivity index (χ1) is 9.72. The molecule has 0 aliphatic heterocycles. The molecule has 0 radical (unpaired) electrons. The van der Waals surface area contributed by atoms with Gasteiger partial charge in [0, 0.05) is 5.39 Å². The molecule has 0 aliphatic rings. The largest absolute Gasteiger partial charge is 0.457 e. The fourth-order valence-corrected chi connectivity index (χ4v) is 1.76. The number of rotatable bonds is 3. The number of para-hydroxylation sites is 1. The summed E-state index contributed by atoms with van der Waals surface area (Å²) < 4.78 is 18.3. The van der Waals surface area contributed by atoms with Crippen LogP contribution in [0.4, 0.5) is 10.2 Å². The summed E-state index contributed by atoms with van der Waals surface area (Å²) in [6.45, 7) is 0.190. The van der Waals surface area contributed by atoms with E-state index in [0.717, 1.165) is 22.8 Å². The molecule has 0 saturated heterocycles. The van der Waals surface area contributed by atoms with E-state index in [2.05, 4.69) is 15.0 Å². The molecule has 0 saturated carbocycles. The van der Waals surface area contributed by atoms with Gasteiger partial charge in [-0.05, 0) is 12.1 Å². The number of ether oxygens (including phenoxy) is 1. The van der Waals surface area contributed by atoms with Gasteiger partial charge >= 0.3 is 6.01 Å². The van der Waals surface area contributed by atoms with Crippen molar-refractivity contribution in [3.05, 3.63) is 54.1 Å². The molecule has 3 rings (SSSR count). The Morgan fingerprint density at radius 1 is 1.10 bits per heavy atom. The van der Waals surface area contributed by atoms with Crippen molar-refractivity contribution < 1.29 is 9.13 Å². The molecule has 100 valence electrons. The molecule has 5 nitrogen and oxygen atoms in total. The van der Waals surface area contributed by atoms with Crippen LogP contribution in [-0.2, 0) is 6.61 Å². The van der Waals surface area contributed by atoms with Gasteiger partial charge in [-0.2, -0.15) is 4.98 Å². The fourth-order valence-electron chi connectivity index (χ4n) is 1.76. The number of fused-ring (bicyclic) bond motifs is 1. The van der Waals surface area contributed by atoms with Crippen LogP contribution in [0.15, 0.2) is 42.6 Å². The maximum Gasteiger partial charge on any atom is 0.318 e. The molecule has 2 N–H and O–H groups in total. The normalized spacial score (nSPS) is 10.7. The smallest absolute Gasteiger partial charge is 0.318 e. The van der Waals surface area contributed by atoms with Crippen molar-refractivity contribution in [3.8, 4) is 6.01 Å². The third kappa shape index (κ3) is 2.49. The molecule has 0 aliphatic carbocycles. The highest BCUT2D eigenvalue weighted by atomic mass is 19.1. The first-order valence-electron chi connectivity index (χ1n) is 5.98. The minimum atomic E-state index is -0.666. The van der Waals surface area contributed by atoms with Gasteiger partial charge in [-0.3, -0.25) is 0 Å². The van der Waals surface area contributed by atoms with Crippen LogP contribution in [0.5, 0.6) is 6.01 Å². The van der Waals surface area contributed by atoms with Gasteiger partial charge in [0.05, 0.1) is 17.4 Å². The van der Waals surface area contributed by atoms with Crippen LogP contribution in [-0.4, -0.2) is 15.0 Å². The van der Waals surface area contributed by atoms with Crippen molar-refractivity contribution in [2.75, 3.05) is 5.73 Å². The Kier molecular flexibility index (Phi) is 3.12. The minimum Gasteiger partial charge on any atom is -0.457 e. The summed E-state index contributed by atoms with van der Waals surface area (Å²) >= 11 is 0. The molecule has 6 heteroatoms. The third-order valence-electron chi connectivity index (χ3n) is 2.75. The third-order valence-corrected chi connectivity index (χ3v) is 2.75. The van der Waals surface area contributed by atoms with Crippen LogP contribution in [0.2, 0.25) is 0 Å². The highest BCUT2D eigenvalue weighted by molar-refractivity contribution is 5.78. The number of anilines is 1. The molecule has 0 fully saturated rings. The lowest BCUT2D eigenvalue weighted by Gasteiger charge is -2.05. The Balaban J connectivity index is 1.77. The average molecular weight is 270 g/mol. The van der Waals surface area contributed by atoms with Crippen LogP contribution in [0.25, 0.3) is 10.9 Å². The Morgan fingerprint density at radius 3 is 2.80 bits per heavy atom. The number of hydrogen-bond donors (Lipinski definition) is 1. The molecule has 20 heavy (non-hydrogen) atoms. The van der Waals surface area contributed by atoms with Crippen molar-refractivity contribution in [1.82, 2.24) is 15.0 Å². The zero-order valence-corrected chi connectivity index (χ0v) is 10.5. The first kappa shape index (κ1) is 12.3. The van der Waals surface area contributed by atoms with E-state index in [1.165, 1.54) is 0 Å². The van der Waals surface area contributed by atoms with Crippen molar-refractivity contribution >= 4 is 16.7 Å². The molecule has 0 unspecified atom stereocenters. The van der Waals surface area contributed by atoms with Gasteiger partial charge < -0.3 is 10.5 Å². The van der Waals surface area contributed by atoms with Gasteiger partial charge in [-0.1, -0.05) is 24.3 Å². The number of benzene rings is 1. The van der Waals surface area contributed by atoms with E-state index in [1.807, 2.05) is 36.4 Å². The lowest BCUT2D eigenvalue weighted by atomic mass is 10.2. The van der Waals surface area contributed by atoms with Crippen LogP contribution < -0.4 is 10.5 Å². The maximum absolute atomic E-state index is 12.9. The Bertz CT molecular complexity index is 763. The Hall–Kier alpha value is -2.76. The summed E-state index contributed by atoms with van der Waals surface area (Å²) in [6, 6.07) is 11.6. The Labute approximate surface area is 114 Å². The number of nitrogens with two attached hydrogens (primary N) is 1. The van der Waals surface area contributed by atoms with Crippen molar-refractivity contribution in [3.63, 3.8) is 0 Å². The zero-order chi connectivity index (χ0) is 13.9. The maximum atomic E-state index is 12.9. The van der Waals surface area contributed by atoms with Gasteiger partial charge in [-0.15, -0.1) is 0 Å². The van der Waals surface area contributed by atoms with Crippen LogP contribution >= 0.6 is 0 Å². The second-order valence-electron chi connectivity index (χ2n) is 4.17. The number of hydrogen-bond acceptors (Lipinski definition) is 5. The predicted octanol–water partition coefficient (Wildman–Crippen LogP) is 2.33. The Morgan fingerprint density at radius 2 is 1.95 bits per heavy atom. The van der Waals surface area contributed by atoms with Crippen LogP contribution in [0.1, 0.15) is 5.69 Å². The zero-order valence-electron chi connectivity index (χ0n) is 10.5. The highest BCUT2D eigenvalue weighted by Crippen LogP contribution is 2.14. The van der Waals surface area contributed by atoms with Gasteiger partial charge in [0.15, 0.2) is 11.6 Å². The summed E-state index contributed by atoms with van der Waals surface area (Å²) in [4.78, 5) is 11.8. The lowest BCUT2D eigenvalue weighted by Crippen LogP contribution is -2.04. The van der Waals surface area contributed by atoms with E-state index >= 15 is 0 Å². The molecule has 0 amide bonds. The molecule has 1 aromatic carbocycles. The van der Waals surface area contributed by atoms with Gasteiger partial charge in [-0.25, -0.2) is 14.4 Å². The van der Waals surface area contributed by atoms with Crippen molar-refractivity contribution in [2.45, 2.75) is 6.61 Å². The van der Waals surface area contributed by atoms with E-state index in [9.17, 15) is 4.39 Å². The van der Waals surface area contributed by atoms with E-state index in [4.69, 9.17) is 10.5 Å². The first-order valence-corrected chi connectivity index (χ1v) is 5.98. The molecular weight excluding hydrogens is 259 g/mol. The molecule has 2 heterocycles. The van der Waals surface area contributed by atoms with Crippen LogP contribution in [0, 0.1) is 5.82 Å². The van der Waals surface area contributed by atoms with E-state index in [-0.39, 0.29) is 18.4 Å². The topological polar surface area (TPSA) is 73.9 Å². The minimum absolute atomic E-state index is 0.0267. The summed E-state index contributed by atoms with van der Waals surface area (Å²) in [5.74, 6) is -0.900. The van der Waals surface area contributed by atoms with Gasteiger partial charge in [0.1, 0.15) is 6.61 Å². The lowest BCUT2D eigenvalue weighted by molar-refractivity contribution is 0.276. The quantitative estimate of drug-likeness (QED) is 0.790. The van der Waals surface area contributed by atoms with Crippen molar-refractivity contribution in [1.29, 1.82) is 0 Å². The number of aromatic nitrogens is 3. The standard InChI is InChI=1S/C14H11FN4O/c15-11-7-17-14(19-13(11)16)20-8-10-6-5-9-3-1-2-4-12(9)18-10/h1-7H,8H2,(H2,16,17,19). The summed E-state index contributed by atoms with van der Waals surface area (Å²) in [5, 5.41) is 1.05. The molecular formula is C14H11FN4O. The number of halogens is 1. The average Bonchev–Trinajstić information content (AvgIpc) is 2.48. The second-order valence-corrected chi connectivity index (χ2v) is 4.17. The van der Waals surface area contributed by atoms with Crippen LogP contribution in [0.3, 0.4) is 0 Å². The summed E-state index contributed by atoms with van der Waals surface area (Å²) in [5.41, 5.74) is 6.96. The molecule has 0 spiro atoms. The van der Waals surface area contributed by atoms with E-state index in [0.29, 0.717) is 0 Å². The predicted molar refractivity (Wildman–Crippen MR) is 72.5 cm³/mol. The summed E-state index contributed by atoms with van der Waals surface area (Å²) in [6.07, 6.45) is 0.978. The number of pyridine rings is 1. The molecule has 2 aromatic heterocycles. The van der Waals surface area contributed by atoms with Gasteiger partial charge in [0.25, 0.3) is 0 Å². The van der Waals surface area contributed by atoms with E-state index in [1.54, 1.807) is 0 Å².